The monoisotopic (exact) mass is 259 g/mol. The molecular weight excluding hydrogens is 238 g/mol. The summed E-state index contributed by atoms with van der Waals surface area (Å²) in [5.41, 5.74) is 2.81. The predicted molar refractivity (Wildman–Crippen MR) is 78.3 cm³/mol. The number of fused-ring (bicyclic) bond motifs is 1. The van der Waals surface area contributed by atoms with Crippen LogP contribution in [0.2, 0.25) is 0 Å². The van der Waals surface area contributed by atoms with Gasteiger partial charge in [-0.25, -0.2) is 0 Å². The summed E-state index contributed by atoms with van der Waals surface area (Å²) in [6.07, 6.45) is 3.28. The Hall–Kier alpha value is -1.84. The van der Waals surface area contributed by atoms with Gasteiger partial charge in [0.05, 0.1) is 0 Å². The molecule has 1 N–H and O–H groups in total. The molecule has 0 saturated heterocycles. The van der Waals surface area contributed by atoms with Crippen molar-refractivity contribution in [1.29, 1.82) is 0 Å². The van der Waals surface area contributed by atoms with Gasteiger partial charge in [0.15, 0.2) is 11.5 Å². The summed E-state index contributed by atoms with van der Waals surface area (Å²) in [5.74, 6) is 0.777. The van der Waals surface area contributed by atoms with Crippen LogP contribution in [0.4, 0.5) is 0 Å². The van der Waals surface area contributed by atoms with E-state index in [0.717, 1.165) is 43.8 Å². The number of likely N-dealkylation sites (N-methyl/N-ethyl adjacent to an activating group) is 1. The molecule has 1 aliphatic heterocycles. The van der Waals surface area contributed by atoms with Gasteiger partial charge in [0, 0.05) is 25.7 Å². The lowest BCUT2D eigenvalue weighted by molar-refractivity contribution is 0.319. The van der Waals surface area contributed by atoms with Crippen LogP contribution in [0.5, 0.6) is 0 Å². The number of hydrogen-bond donors (Lipinski definition) is 1. The first-order valence-corrected chi connectivity index (χ1v) is 6.84. The maximum atomic E-state index is 9.44. The second kappa shape index (κ2) is 6.36. The van der Waals surface area contributed by atoms with Crippen molar-refractivity contribution in [3.63, 3.8) is 0 Å². The topological polar surface area (TPSA) is 48.2 Å². The summed E-state index contributed by atoms with van der Waals surface area (Å²) in [4.78, 5) is 6.52. The van der Waals surface area contributed by atoms with Crippen LogP contribution in [0.25, 0.3) is 0 Å². The fraction of sp³-hybridized carbons (Fsp3) is 0.467. The average Bonchev–Trinajstić information content (AvgIpc) is 2.53. The lowest BCUT2D eigenvalue weighted by Crippen LogP contribution is -2.37. The highest BCUT2D eigenvalue weighted by atomic mass is 16.4. The van der Waals surface area contributed by atoms with Gasteiger partial charge in [-0.05, 0) is 31.7 Å². The highest BCUT2D eigenvalue weighted by molar-refractivity contribution is 6.47. The van der Waals surface area contributed by atoms with Crippen LogP contribution in [0.15, 0.2) is 34.4 Å². The minimum atomic E-state index is 0.585. The van der Waals surface area contributed by atoms with Crippen molar-refractivity contribution in [3.8, 4) is 0 Å². The molecule has 1 aliphatic rings. The Balaban J connectivity index is 2.53. The number of benzene rings is 1. The van der Waals surface area contributed by atoms with Crippen LogP contribution in [-0.2, 0) is 6.42 Å². The SMILES string of the molecule is CCN1CCCCc2ccccc2/C(=N/O)C1=NC. The number of rotatable bonds is 1. The lowest BCUT2D eigenvalue weighted by atomic mass is 9.98. The van der Waals surface area contributed by atoms with Gasteiger partial charge in [-0.2, -0.15) is 0 Å². The molecule has 0 bridgehead atoms. The standard InChI is InChI=1S/C15H21N3O/c1-3-18-11-7-6-9-12-8-4-5-10-13(12)14(17-19)15(18)16-2/h4-5,8,10,19H,3,6-7,9,11H2,1-2H3/b16-15?,17-14-. The molecule has 0 aromatic heterocycles. The van der Waals surface area contributed by atoms with Crippen molar-refractivity contribution in [2.45, 2.75) is 26.2 Å². The highest BCUT2D eigenvalue weighted by Gasteiger charge is 2.21. The predicted octanol–water partition coefficient (Wildman–Crippen LogP) is 2.55. The third-order valence-electron chi connectivity index (χ3n) is 3.60. The molecule has 0 atom stereocenters. The first-order chi connectivity index (χ1) is 9.31. The van der Waals surface area contributed by atoms with E-state index in [4.69, 9.17) is 0 Å². The molecule has 0 amide bonds. The summed E-state index contributed by atoms with van der Waals surface area (Å²) in [7, 11) is 1.75. The number of aryl methyl sites for hydroxylation is 1. The number of oxime groups is 1. The molecule has 0 unspecified atom stereocenters. The number of amidine groups is 1. The summed E-state index contributed by atoms with van der Waals surface area (Å²) in [6, 6.07) is 8.13. The van der Waals surface area contributed by atoms with Crippen LogP contribution in [0.3, 0.4) is 0 Å². The van der Waals surface area contributed by atoms with E-state index in [1.807, 2.05) is 18.2 Å². The number of nitrogens with zero attached hydrogens (tertiary/aromatic N) is 3. The third kappa shape index (κ3) is 2.78. The molecule has 0 aliphatic carbocycles. The van der Waals surface area contributed by atoms with Gasteiger partial charge >= 0.3 is 0 Å². The van der Waals surface area contributed by atoms with Crippen molar-refractivity contribution in [2.75, 3.05) is 20.1 Å². The van der Waals surface area contributed by atoms with Gasteiger partial charge in [0.25, 0.3) is 0 Å². The Labute approximate surface area is 114 Å². The maximum Gasteiger partial charge on any atom is 0.153 e. The Kier molecular flexibility index (Phi) is 4.55. The Morgan fingerprint density at radius 2 is 2.05 bits per heavy atom. The van der Waals surface area contributed by atoms with Gasteiger partial charge in [0.1, 0.15) is 0 Å². The smallest absolute Gasteiger partial charge is 0.153 e. The highest BCUT2D eigenvalue weighted by Crippen LogP contribution is 2.18. The van der Waals surface area contributed by atoms with E-state index in [-0.39, 0.29) is 0 Å². The molecule has 2 rings (SSSR count). The normalized spacial score (nSPS) is 20.8. The molecule has 4 heteroatoms. The first kappa shape index (κ1) is 13.6. The molecule has 1 aromatic rings. The minimum absolute atomic E-state index is 0.585. The van der Waals surface area contributed by atoms with E-state index in [1.54, 1.807) is 7.05 Å². The van der Waals surface area contributed by atoms with Crippen LogP contribution < -0.4 is 0 Å². The van der Waals surface area contributed by atoms with Gasteiger partial charge in [-0.3, -0.25) is 4.99 Å². The molecule has 1 aromatic carbocycles. The Morgan fingerprint density at radius 1 is 1.26 bits per heavy atom. The third-order valence-corrected chi connectivity index (χ3v) is 3.60. The number of aliphatic imine (C=N–C) groups is 1. The van der Waals surface area contributed by atoms with E-state index in [0.29, 0.717) is 5.71 Å². The zero-order valence-corrected chi connectivity index (χ0v) is 11.6. The molecule has 102 valence electrons. The minimum Gasteiger partial charge on any atom is -0.410 e. The largest absolute Gasteiger partial charge is 0.410 e. The van der Waals surface area contributed by atoms with E-state index in [2.05, 4.69) is 28.0 Å². The van der Waals surface area contributed by atoms with Crippen molar-refractivity contribution in [1.82, 2.24) is 4.90 Å². The Morgan fingerprint density at radius 3 is 2.74 bits per heavy atom. The van der Waals surface area contributed by atoms with E-state index in [9.17, 15) is 5.21 Å². The molecule has 19 heavy (non-hydrogen) atoms. The molecule has 0 radical (unpaired) electrons. The lowest BCUT2D eigenvalue weighted by Gasteiger charge is -2.24. The van der Waals surface area contributed by atoms with Crippen molar-refractivity contribution >= 4 is 11.5 Å². The molecule has 0 fully saturated rings. The zero-order valence-electron chi connectivity index (χ0n) is 11.6. The second-order valence-corrected chi connectivity index (χ2v) is 4.69. The quantitative estimate of drug-likeness (QED) is 0.622. The summed E-state index contributed by atoms with van der Waals surface area (Å²) >= 11 is 0. The van der Waals surface area contributed by atoms with Gasteiger partial charge in [0.2, 0.25) is 0 Å². The molecule has 0 saturated carbocycles. The van der Waals surface area contributed by atoms with Gasteiger partial charge < -0.3 is 10.1 Å². The first-order valence-electron chi connectivity index (χ1n) is 6.84. The fourth-order valence-electron chi connectivity index (χ4n) is 2.62. The zero-order chi connectivity index (χ0) is 13.7. The van der Waals surface area contributed by atoms with E-state index >= 15 is 0 Å². The van der Waals surface area contributed by atoms with Crippen LogP contribution in [-0.4, -0.2) is 41.8 Å². The van der Waals surface area contributed by atoms with Crippen molar-refractivity contribution in [3.05, 3.63) is 35.4 Å². The molecule has 1 heterocycles. The fourth-order valence-corrected chi connectivity index (χ4v) is 2.62. The molecular formula is C15H21N3O. The summed E-state index contributed by atoms with van der Waals surface area (Å²) in [5, 5.41) is 13.0. The Bertz CT molecular complexity index is 494. The van der Waals surface area contributed by atoms with E-state index in [1.165, 1.54) is 5.56 Å². The van der Waals surface area contributed by atoms with Crippen LogP contribution in [0, 0.1) is 0 Å². The van der Waals surface area contributed by atoms with Gasteiger partial charge in [-0.15, -0.1) is 0 Å². The van der Waals surface area contributed by atoms with Gasteiger partial charge in [-0.1, -0.05) is 29.4 Å². The van der Waals surface area contributed by atoms with Crippen molar-refractivity contribution in [2.24, 2.45) is 10.1 Å². The summed E-state index contributed by atoms with van der Waals surface area (Å²) < 4.78 is 0. The second-order valence-electron chi connectivity index (χ2n) is 4.69. The average molecular weight is 259 g/mol. The molecule has 0 spiro atoms. The number of hydrogen-bond acceptors (Lipinski definition) is 3. The van der Waals surface area contributed by atoms with Crippen LogP contribution >= 0.6 is 0 Å². The summed E-state index contributed by atoms with van der Waals surface area (Å²) in [6.45, 7) is 3.92. The van der Waals surface area contributed by atoms with E-state index < -0.39 is 0 Å². The van der Waals surface area contributed by atoms with Crippen LogP contribution in [0.1, 0.15) is 30.9 Å². The molecule has 4 nitrogen and oxygen atoms in total. The maximum absolute atomic E-state index is 9.44. The van der Waals surface area contributed by atoms with Crippen molar-refractivity contribution < 1.29 is 5.21 Å².